The molecule has 1 amide bonds. The number of anilines is 1. The molecular weight excluding hydrogens is 498 g/mol. The Morgan fingerprint density at radius 2 is 1.94 bits per heavy atom. The van der Waals surface area contributed by atoms with E-state index in [2.05, 4.69) is 19.8 Å². The largest absolute Gasteiger partial charge is 0.573 e. The topological polar surface area (TPSA) is 97.4 Å². The highest BCUT2D eigenvalue weighted by Crippen LogP contribution is 2.27. The van der Waals surface area contributed by atoms with Gasteiger partial charge in [0.2, 0.25) is 0 Å². The lowest BCUT2D eigenvalue weighted by Crippen LogP contribution is -2.23. The molecule has 0 fully saturated rings. The Bertz CT molecular complexity index is 1240. The predicted octanol–water partition coefficient (Wildman–Crippen LogP) is 4.57. The van der Waals surface area contributed by atoms with E-state index in [-0.39, 0.29) is 32.7 Å². The van der Waals surface area contributed by atoms with Gasteiger partial charge in [0.25, 0.3) is 15.9 Å². The van der Waals surface area contributed by atoms with E-state index in [1.165, 1.54) is 12.3 Å². The molecule has 0 bridgehead atoms. The fourth-order valence-electron chi connectivity index (χ4n) is 2.45. The number of amides is 1. The quantitative estimate of drug-likeness (QED) is 0.455. The first-order valence-corrected chi connectivity index (χ1v) is 11.2. The number of halogens is 5. The number of alkyl halides is 3. The lowest BCUT2D eigenvalue weighted by molar-refractivity contribution is -0.275. The number of thiazole rings is 1. The van der Waals surface area contributed by atoms with Crippen LogP contribution in [0.3, 0.4) is 0 Å². The summed E-state index contributed by atoms with van der Waals surface area (Å²) in [5.41, 5.74) is 0.184. The van der Waals surface area contributed by atoms with Gasteiger partial charge in [-0.2, -0.15) is 0 Å². The van der Waals surface area contributed by atoms with Crippen LogP contribution in [0.15, 0.2) is 52.9 Å². The summed E-state index contributed by atoms with van der Waals surface area (Å²) in [6.07, 6.45) is -3.62. The molecule has 0 aliphatic carbocycles. The van der Waals surface area contributed by atoms with Crippen LogP contribution in [0.25, 0.3) is 0 Å². The second-order valence-corrected chi connectivity index (χ2v) is 9.04. The van der Waals surface area contributed by atoms with Gasteiger partial charge in [0, 0.05) is 23.7 Å². The van der Waals surface area contributed by atoms with Gasteiger partial charge in [0.1, 0.15) is 4.90 Å². The van der Waals surface area contributed by atoms with Crippen LogP contribution in [0.5, 0.6) is 5.75 Å². The van der Waals surface area contributed by atoms with Crippen LogP contribution in [-0.4, -0.2) is 25.7 Å². The number of benzene rings is 2. The van der Waals surface area contributed by atoms with Crippen LogP contribution in [0.4, 0.5) is 22.7 Å². The first kappa shape index (κ1) is 23.8. The first-order valence-electron chi connectivity index (χ1n) is 8.49. The van der Waals surface area contributed by atoms with Crippen molar-refractivity contribution in [1.82, 2.24) is 10.3 Å². The summed E-state index contributed by atoms with van der Waals surface area (Å²) in [6.45, 7) is -0.217. The molecule has 2 N–H and O–H groups in total. The lowest BCUT2D eigenvalue weighted by Gasteiger charge is -2.11. The average molecular weight is 510 g/mol. The predicted molar refractivity (Wildman–Crippen MR) is 109 cm³/mol. The summed E-state index contributed by atoms with van der Waals surface area (Å²) in [5.74, 6) is -2.92. The maximum absolute atomic E-state index is 13.8. The Labute approximate surface area is 188 Å². The number of carbonyl (C=O) groups is 1. The highest BCUT2D eigenvalue weighted by molar-refractivity contribution is 7.93. The number of hydrogen-bond donors (Lipinski definition) is 2. The molecule has 7 nitrogen and oxygen atoms in total. The number of hydrogen-bond acceptors (Lipinski definition) is 6. The second kappa shape index (κ2) is 9.30. The maximum atomic E-state index is 13.8. The number of rotatable bonds is 7. The van der Waals surface area contributed by atoms with Crippen LogP contribution in [0.1, 0.15) is 15.9 Å². The zero-order valence-electron chi connectivity index (χ0n) is 15.6. The Morgan fingerprint density at radius 3 is 2.53 bits per heavy atom. The SMILES string of the molecule is O=C(NCc1ccc(OC(F)(F)F)c(F)c1)c1ccc(S(=O)(=O)Nc2nccs2)c(Cl)c1. The summed E-state index contributed by atoms with van der Waals surface area (Å²) in [5, 5.41) is 3.93. The monoisotopic (exact) mass is 509 g/mol. The summed E-state index contributed by atoms with van der Waals surface area (Å²) in [4.78, 5) is 15.9. The van der Waals surface area contributed by atoms with Gasteiger partial charge in [-0.1, -0.05) is 17.7 Å². The first-order chi connectivity index (χ1) is 14.9. The van der Waals surface area contributed by atoms with Crippen molar-refractivity contribution in [3.63, 3.8) is 0 Å². The van der Waals surface area contributed by atoms with Gasteiger partial charge in [0.05, 0.1) is 5.02 Å². The number of ether oxygens (including phenoxy) is 1. The van der Waals surface area contributed by atoms with Crippen LogP contribution >= 0.6 is 22.9 Å². The van der Waals surface area contributed by atoms with Gasteiger partial charge >= 0.3 is 6.36 Å². The number of sulfonamides is 1. The van der Waals surface area contributed by atoms with Crippen molar-refractivity contribution in [1.29, 1.82) is 0 Å². The van der Waals surface area contributed by atoms with E-state index in [1.807, 2.05) is 0 Å². The molecule has 0 spiro atoms. The van der Waals surface area contributed by atoms with E-state index in [4.69, 9.17) is 11.6 Å². The number of carbonyl (C=O) groups excluding carboxylic acids is 1. The minimum Gasteiger partial charge on any atom is -0.403 e. The zero-order valence-corrected chi connectivity index (χ0v) is 18.0. The number of aromatic nitrogens is 1. The second-order valence-electron chi connectivity index (χ2n) is 6.08. The molecule has 170 valence electrons. The van der Waals surface area contributed by atoms with E-state index in [0.717, 1.165) is 41.7 Å². The van der Waals surface area contributed by atoms with E-state index in [0.29, 0.717) is 0 Å². The molecule has 0 saturated heterocycles. The van der Waals surface area contributed by atoms with Gasteiger partial charge in [-0.15, -0.1) is 24.5 Å². The molecule has 0 unspecified atom stereocenters. The van der Waals surface area contributed by atoms with Gasteiger partial charge in [-0.05, 0) is 35.9 Å². The Balaban J connectivity index is 1.67. The third kappa shape index (κ3) is 6.08. The Kier molecular flexibility index (Phi) is 6.91. The fraction of sp³-hybridized carbons (Fsp3) is 0.111. The van der Waals surface area contributed by atoms with Crippen molar-refractivity contribution in [3.8, 4) is 5.75 Å². The zero-order chi connectivity index (χ0) is 23.5. The van der Waals surface area contributed by atoms with Gasteiger partial charge in [0.15, 0.2) is 16.7 Å². The van der Waals surface area contributed by atoms with Crippen molar-refractivity contribution >= 4 is 44.0 Å². The molecule has 0 aliphatic heterocycles. The third-order valence-corrected chi connectivity index (χ3v) is 6.45. The molecule has 0 saturated carbocycles. The van der Waals surface area contributed by atoms with E-state index >= 15 is 0 Å². The minimum absolute atomic E-state index is 0.0145. The summed E-state index contributed by atoms with van der Waals surface area (Å²) in [7, 11) is -4.03. The number of nitrogens with one attached hydrogen (secondary N) is 2. The molecule has 0 radical (unpaired) electrons. The van der Waals surface area contributed by atoms with E-state index in [1.54, 1.807) is 5.38 Å². The molecule has 0 atom stereocenters. The third-order valence-electron chi connectivity index (χ3n) is 3.81. The van der Waals surface area contributed by atoms with Crippen molar-refractivity contribution in [2.75, 3.05) is 4.72 Å². The molecule has 14 heteroatoms. The molecule has 32 heavy (non-hydrogen) atoms. The molecular formula is C18H12ClF4N3O4S2. The van der Waals surface area contributed by atoms with Crippen LogP contribution in [0.2, 0.25) is 5.02 Å². The molecule has 2 aromatic carbocycles. The van der Waals surface area contributed by atoms with E-state index in [9.17, 15) is 30.8 Å². The van der Waals surface area contributed by atoms with Crippen LogP contribution in [0, 0.1) is 5.82 Å². The minimum atomic E-state index is -5.04. The van der Waals surface area contributed by atoms with Gasteiger partial charge < -0.3 is 10.1 Å². The molecule has 3 aromatic rings. The van der Waals surface area contributed by atoms with Crippen molar-refractivity contribution in [3.05, 3.63) is 69.9 Å². The van der Waals surface area contributed by atoms with Crippen LogP contribution in [-0.2, 0) is 16.6 Å². The van der Waals surface area contributed by atoms with Crippen molar-refractivity contribution in [2.45, 2.75) is 17.8 Å². The standard InChI is InChI=1S/C18H12ClF4N3O4S2/c19-12-8-11(2-4-15(12)32(28,29)26-17-24-5-6-31-17)16(27)25-9-10-1-3-14(13(20)7-10)30-18(21,22)23/h1-8H,9H2,(H,24,26)(H,25,27). The fourth-order valence-corrected chi connectivity index (χ4v) is 4.78. The Morgan fingerprint density at radius 1 is 1.19 bits per heavy atom. The van der Waals surface area contributed by atoms with Crippen molar-refractivity contribution in [2.24, 2.45) is 0 Å². The van der Waals surface area contributed by atoms with Gasteiger partial charge in [-0.25, -0.2) is 17.8 Å². The lowest BCUT2D eigenvalue weighted by atomic mass is 10.2. The maximum Gasteiger partial charge on any atom is 0.573 e. The Hall–Kier alpha value is -2.90. The molecule has 1 heterocycles. The number of nitrogens with zero attached hydrogens (tertiary/aromatic N) is 1. The highest BCUT2D eigenvalue weighted by atomic mass is 35.5. The molecule has 0 aliphatic rings. The van der Waals surface area contributed by atoms with Crippen molar-refractivity contribution < 1.29 is 35.5 Å². The van der Waals surface area contributed by atoms with Crippen LogP contribution < -0.4 is 14.8 Å². The average Bonchev–Trinajstić information content (AvgIpc) is 3.19. The van der Waals surface area contributed by atoms with Gasteiger partial charge in [-0.3, -0.25) is 9.52 Å². The smallest absolute Gasteiger partial charge is 0.403 e. The van der Waals surface area contributed by atoms with E-state index < -0.39 is 33.9 Å². The normalized spacial score (nSPS) is 11.8. The summed E-state index contributed by atoms with van der Waals surface area (Å²) < 4.78 is 80.9. The molecule has 1 aromatic heterocycles. The highest BCUT2D eigenvalue weighted by Gasteiger charge is 2.32. The summed E-state index contributed by atoms with van der Waals surface area (Å²) in [6, 6.07) is 6.21. The summed E-state index contributed by atoms with van der Waals surface area (Å²) >= 11 is 7.10. The molecule has 3 rings (SSSR count).